The highest BCUT2D eigenvalue weighted by molar-refractivity contribution is 9.10. The summed E-state index contributed by atoms with van der Waals surface area (Å²) < 4.78 is 25.8. The zero-order valence-electron chi connectivity index (χ0n) is 6.00. The van der Waals surface area contributed by atoms with Crippen molar-refractivity contribution in [3.05, 3.63) is 33.8 Å². The molecule has 0 nitrogen and oxygen atoms in total. The van der Waals surface area contributed by atoms with Gasteiger partial charge in [0.2, 0.25) is 0 Å². The van der Waals surface area contributed by atoms with E-state index in [0.29, 0.717) is 12.0 Å². The van der Waals surface area contributed by atoms with Crippen LogP contribution in [0.3, 0.4) is 0 Å². The largest absolute Gasteiger partial charge is 0.207 e. The van der Waals surface area contributed by atoms with Crippen molar-refractivity contribution in [1.29, 1.82) is 0 Å². The van der Waals surface area contributed by atoms with Gasteiger partial charge in [0.25, 0.3) is 0 Å². The Balaban J connectivity index is 3.29. The smallest absolute Gasteiger partial charge is 0.137 e. The van der Waals surface area contributed by atoms with Crippen molar-refractivity contribution in [3.63, 3.8) is 0 Å². The maximum Gasteiger partial charge on any atom is 0.137 e. The molecule has 3 heteroatoms. The van der Waals surface area contributed by atoms with Crippen LogP contribution in [0.2, 0.25) is 0 Å². The van der Waals surface area contributed by atoms with E-state index >= 15 is 0 Å². The Kier molecular flexibility index (Phi) is 2.60. The summed E-state index contributed by atoms with van der Waals surface area (Å²) in [7, 11) is 0. The summed E-state index contributed by atoms with van der Waals surface area (Å²) >= 11 is 2.98. The molecule has 0 amide bonds. The van der Waals surface area contributed by atoms with Crippen LogP contribution in [0.5, 0.6) is 0 Å². The molecule has 0 N–H and O–H groups in total. The third-order valence-corrected chi connectivity index (χ3v) is 2.35. The molecule has 0 fully saturated rings. The van der Waals surface area contributed by atoms with E-state index in [0.717, 1.165) is 12.1 Å². The molecular formula is C8H7BrF2. The number of hydrogen-bond donors (Lipinski definition) is 0. The predicted molar refractivity (Wildman–Crippen MR) is 43.4 cm³/mol. The van der Waals surface area contributed by atoms with Crippen molar-refractivity contribution < 1.29 is 8.78 Å². The predicted octanol–water partition coefficient (Wildman–Crippen LogP) is 3.29. The molecule has 0 atom stereocenters. The molecule has 11 heavy (non-hydrogen) atoms. The minimum absolute atomic E-state index is 0.236. The maximum absolute atomic E-state index is 12.8. The first-order chi connectivity index (χ1) is 5.16. The third-order valence-electron chi connectivity index (χ3n) is 1.49. The molecule has 1 aromatic rings. The fourth-order valence-corrected chi connectivity index (χ4v) is 1.50. The van der Waals surface area contributed by atoms with Crippen LogP contribution in [-0.2, 0) is 6.42 Å². The minimum atomic E-state index is -0.414. The Labute approximate surface area is 72.4 Å². The summed E-state index contributed by atoms with van der Waals surface area (Å²) in [5.74, 6) is -0.774. The van der Waals surface area contributed by atoms with Gasteiger partial charge in [-0.2, -0.15) is 0 Å². The van der Waals surface area contributed by atoms with Crippen molar-refractivity contribution in [2.24, 2.45) is 0 Å². The Morgan fingerprint density at radius 1 is 1.27 bits per heavy atom. The quantitative estimate of drug-likeness (QED) is 0.638. The van der Waals surface area contributed by atoms with Crippen LogP contribution in [0, 0.1) is 11.6 Å². The standard InChI is InChI=1S/C8H7BrF2/c1-2-5-6(10)3-4-7(11)8(5)9/h3-4H,2H2,1H3. The fraction of sp³-hybridized carbons (Fsp3) is 0.250. The zero-order chi connectivity index (χ0) is 8.43. The lowest BCUT2D eigenvalue weighted by atomic mass is 10.1. The summed E-state index contributed by atoms with van der Waals surface area (Å²) in [6.07, 6.45) is 0.490. The van der Waals surface area contributed by atoms with Gasteiger partial charge in [-0.3, -0.25) is 0 Å². The SMILES string of the molecule is CCc1c(F)ccc(F)c1Br. The van der Waals surface area contributed by atoms with E-state index in [1.165, 1.54) is 0 Å². The first-order valence-corrected chi connectivity index (χ1v) is 4.08. The lowest BCUT2D eigenvalue weighted by molar-refractivity contribution is 0.581. The normalized spacial score (nSPS) is 10.2. The van der Waals surface area contributed by atoms with Gasteiger partial charge in [-0.15, -0.1) is 0 Å². The summed E-state index contributed by atoms with van der Waals surface area (Å²) in [5.41, 5.74) is 0.394. The molecule has 0 radical (unpaired) electrons. The number of rotatable bonds is 1. The molecule has 1 aromatic carbocycles. The Bertz CT molecular complexity index is 271. The topological polar surface area (TPSA) is 0 Å². The molecule has 0 saturated carbocycles. The first-order valence-electron chi connectivity index (χ1n) is 3.29. The van der Waals surface area contributed by atoms with Gasteiger partial charge >= 0.3 is 0 Å². The Morgan fingerprint density at radius 2 is 1.82 bits per heavy atom. The summed E-state index contributed by atoms with van der Waals surface area (Å²) in [6, 6.07) is 2.25. The molecule has 0 heterocycles. The molecule has 0 aromatic heterocycles. The van der Waals surface area contributed by atoms with E-state index in [1.54, 1.807) is 6.92 Å². The average molecular weight is 221 g/mol. The van der Waals surface area contributed by atoms with Crippen molar-refractivity contribution >= 4 is 15.9 Å². The van der Waals surface area contributed by atoms with Gasteiger partial charge in [0.1, 0.15) is 11.6 Å². The van der Waals surface area contributed by atoms with E-state index in [2.05, 4.69) is 15.9 Å². The van der Waals surface area contributed by atoms with Crippen LogP contribution in [-0.4, -0.2) is 0 Å². The van der Waals surface area contributed by atoms with E-state index in [1.807, 2.05) is 0 Å². The summed E-state index contributed by atoms with van der Waals surface area (Å²) in [6.45, 7) is 1.78. The lowest BCUT2D eigenvalue weighted by Crippen LogP contribution is -1.91. The lowest BCUT2D eigenvalue weighted by Gasteiger charge is -2.02. The van der Waals surface area contributed by atoms with E-state index in [-0.39, 0.29) is 10.3 Å². The van der Waals surface area contributed by atoms with Gasteiger partial charge in [0.15, 0.2) is 0 Å². The monoisotopic (exact) mass is 220 g/mol. The average Bonchev–Trinajstić information content (AvgIpc) is 1.99. The second-order valence-corrected chi connectivity index (χ2v) is 2.97. The number of benzene rings is 1. The first kappa shape index (κ1) is 8.65. The van der Waals surface area contributed by atoms with Crippen LogP contribution >= 0.6 is 15.9 Å². The molecule has 0 spiro atoms. The Morgan fingerprint density at radius 3 is 2.27 bits per heavy atom. The highest BCUT2D eigenvalue weighted by Gasteiger charge is 2.08. The highest BCUT2D eigenvalue weighted by Crippen LogP contribution is 2.23. The van der Waals surface area contributed by atoms with Gasteiger partial charge in [-0.05, 0) is 34.5 Å². The summed E-state index contributed by atoms with van der Waals surface area (Å²) in [5, 5.41) is 0. The molecule has 0 bridgehead atoms. The number of halogens is 3. The molecule has 0 unspecified atom stereocenters. The fourth-order valence-electron chi connectivity index (χ4n) is 0.893. The van der Waals surface area contributed by atoms with Crippen molar-refractivity contribution in [1.82, 2.24) is 0 Å². The van der Waals surface area contributed by atoms with Gasteiger partial charge < -0.3 is 0 Å². The Hall–Kier alpha value is -0.440. The van der Waals surface area contributed by atoms with Gasteiger partial charge in [0, 0.05) is 5.56 Å². The van der Waals surface area contributed by atoms with Gasteiger partial charge in [-0.1, -0.05) is 6.92 Å². The zero-order valence-corrected chi connectivity index (χ0v) is 7.58. The highest BCUT2D eigenvalue weighted by atomic mass is 79.9. The minimum Gasteiger partial charge on any atom is -0.207 e. The van der Waals surface area contributed by atoms with Gasteiger partial charge in [-0.25, -0.2) is 8.78 Å². The van der Waals surface area contributed by atoms with E-state index in [9.17, 15) is 8.78 Å². The van der Waals surface area contributed by atoms with E-state index in [4.69, 9.17) is 0 Å². The second kappa shape index (κ2) is 3.30. The van der Waals surface area contributed by atoms with Crippen molar-refractivity contribution in [3.8, 4) is 0 Å². The third kappa shape index (κ3) is 1.59. The van der Waals surface area contributed by atoms with Crippen LogP contribution in [0.15, 0.2) is 16.6 Å². The molecule has 0 aliphatic heterocycles. The van der Waals surface area contributed by atoms with Crippen molar-refractivity contribution in [2.75, 3.05) is 0 Å². The molecule has 0 aliphatic rings. The molecule has 0 aliphatic carbocycles. The molecular weight excluding hydrogens is 214 g/mol. The van der Waals surface area contributed by atoms with Gasteiger partial charge in [0.05, 0.1) is 4.47 Å². The van der Waals surface area contributed by atoms with Crippen molar-refractivity contribution in [2.45, 2.75) is 13.3 Å². The van der Waals surface area contributed by atoms with Crippen LogP contribution in [0.4, 0.5) is 8.78 Å². The van der Waals surface area contributed by atoms with Crippen LogP contribution in [0.1, 0.15) is 12.5 Å². The molecule has 1 rings (SSSR count). The summed E-state index contributed by atoms with van der Waals surface area (Å²) in [4.78, 5) is 0. The molecule has 60 valence electrons. The van der Waals surface area contributed by atoms with Crippen LogP contribution in [0.25, 0.3) is 0 Å². The molecule has 0 saturated heterocycles. The van der Waals surface area contributed by atoms with E-state index < -0.39 is 5.82 Å². The second-order valence-electron chi connectivity index (χ2n) is 2.18. The number of hydrogen-bond acceptors (Lipinski definition) is 0. The van der Waals surface area contributed by atoms with Crippen LogP contribution < -0.4 is 0 Å². The maximum atomic E-state index is 12.8.